The molecule has 0 saturated carbocycles. The van der Waals surface area contributed by atoms with E-state index in [9.17, 15) is 18.0 Å². The number of benzene rings is 4. The molecule has 0 aliphatic carbocycles. The Balaban J connectivity index is 0.000000288. The van der Waals surface area contributed by atoms with Gasteiger partial charge in [-0.05, 0) is 109 Å². The quantitative estimate of drug-likeness (QED) is 0.0282. The van der Waals surface area contributed by atoms with Gasteiger partial charge < -0.3 is 60.1 Å². The van der Waals surface area contributed by atoms with Crippen molar-refractivity contribution in [3.05, 3.63) is 140 Å². The van der Waals surface area contributed by atoms with Crippen LogP contribution in [0.3, 0.4) is 0 Å². The van der Waals surface area contributed by atoms with Gasteiger partial charge in [0, 0.05) is 125 Å². The standard InChI is InChI=1S/C28H34N6O5S.C14H12ClN3O3.C14H23N3O.CH4.H2S/c1-5-26(35)30-21-7-6-8-24(17-21)39-27-25(38-3)18-29-28(32-27)31-20-9-11-22(12-10-20)33(2)23-13-14-34(19-23)15-16-40(4,36)37;1-3-12(19)17-9-5-4-6-10(7-9)21-13-11(20-2)8-16-14(15)18-13;1-16(13-5-3-12(15)4-6-13)14-7-8-17(11-14)9-10-18-2;;/h5-12,17-18,23H,1,13-16,19H2,2-4H3,(H,30,35)(H,29,31,32);3-8H,1H2,2H3,(H,17,19);3-6,14H,7-11,15H2,1-2H3;1H4;1H2/t23-;;14-;;/m0.0../s1. The number of ether oxygens (including phenoxy) is 5. The largest absolute Gasteiger partial charge is 0.490 e. The van der Waals surface area contributed by atoms with Gasteiger partial charge in [0.05, 0.1) is 39.0 Å². The molecule has 24 heteroatoms. The van der Waals surface area contributed by atoms with E-state index in [1.165, 1.54) is 57.1 Å². The topological polar surface area (TPSA) is 241 Å². The van der Waals surface area contributed by atoms with Crippen molar-refractivity contribution in [1.82, 2.24) is 29.7 Å². The lowest BCUT2D eigenvalue weighted by atomic mass is 10.2. The lowest BCUT2D eigenvalue weighted by Crippen LogP contribution is -2.35. The number of nitrogens with one attached hydrogen (secondary N) is 3. The number of hydrogen-bond donors (Lipinski definition) is 4. The fraction of sp³-hybridized carbons (Fsp3) is 0.333. The van der Waals surface area contributed by atoms with Crippen LogP contribution in [0.2, 0.25) is 5.28 Å². The highest BCUT2D eigenvalue weighted by Crippen LogP contribution is 2.33. The second-order valence-corrected chi connectivity index (χ2v) is 20.9. The van der Waals surface area contributed by atoms with E-state index in [0.717, 1.165) is 62.8 Å². The molecule has 2 atom stereocenters. The number of sulfone groups is 1. The maximum Gasteiger partial charge on any atom is 0.267 e. The highest BCUT2D eigenvalue weighted by atomic mass is 35.5. The van der Waals surface area contributed by atoms with E-state index >= 15 is 0 Å². The molecule has 2 saturated heterocycles. The van der Waals surface area contributed by atoms with Crippen molar-refractivity contribution in [2.24, 2.45) is 0 Å². The minimum atomic E-state index is -2.97. The number of likely N-dealkylation sites (tertiary alicyclic amines) is 2. The normalized spacial score (nSPS) is 14.6. The second-order valence-electron chi connectivity index (χ2n) is 18.3. The molecular formula is C57H75ClN12O9S2. The predicted octanol–water partition coefficient (Wildman–Crippen LogP) is 8.93. The van der Waals surface area contributed by atoms with Gasteiger partial charge in [0.25, 0.3) is 11.8 Å². The Hall–Kier alpha value is -7.67. The maximum atomic E-state index is 11.6. The van der Waals surface area contributed by atoms with Gasteiger partial charge in [0.15, 0.2) is 11.5 Å². The van der Waals surface area contributed by atoms with Crippen molar-refractivity contribution in [3.8, 4) is 34.8 Å². The SMILES string of the molecule is C.C=CC(=O)Nc1cccc(Oc2nc(Cl)ncc2OC)c1.C=CC(=O)Nc1cccc(Oc2nc(Nc3ccc(N(C)[C@H]4CCN(CCS(C)(=O)=O)C4)cc3)ncc2OC)c1.COCCN1CC[C@H](N(C)c2ccc(N)cc2)C1.S. The summed E-state index contributed by atoms with van der Waals surface area (Å²) in [5.41, 5.74) is 10.7. The summed E-state index contributed by atoms with van der Waals surface area (Å²) in [6.45, 7) is 13.3. The first-order chi connectivity index (χ1) is 37.9. The average molecular weight is 1170 g/mol. The van der Waals surface area contributed by atoms with E-state index in [0.29, 0.717) is 58.9 Å². The Morgan fingerprint density at radius 1 is 0.728 bits per heavy atom. The number of nitrogens with zero attached hydrogens (tertiary/aromatic N) is 8. The number of rotatable bonds is 22. The Morgan fingerprint density at radius 2 is 1.21 bits per heavy atom. The highest BCUT2D eigenvalue weighted by molar-refractivity contribution is 7.90. The number of methoxy groups -OCH3 is 3. The summed E-state index contributed by atoms with van der Waals surface area (Å²) in [4.78, 5) is 48.7. The molecule has 0 spiro atoms. The molecule has 2 aliphatic heterocycles. The van der Waals surface area contributed by atoms with Gasteiger partial charge >= 0.3 is 0 Å². The van der Waals surface area contributed by atoms with Crippen LogP contribution in [0.15, 0.2) is 135 Å². The van der Waals surface area contributed by atoms with Crippen molar-refractivity contribution in [2.75, 3.05) is 125 Å². The van der Waals surface area contributed by atoms with Gasteiger partial charge in [-0.1, -0.05) is 32.7 Å². The zero-order chi connectivity index (χ0) is 56.9. The molecule has 5 N–H and O–H groups in total. The minimum Gasteiger partial charge on any atom is -0.490 e. The highest BCUT2D eigenvalue weighted by Gasteiger charge is 2.27. The number of halogens is 1. The van der Waals surface area contributed by atoms with Gasteiger partial charge in [0.1, 0.15) is 21.3 Å². The number of anilines is 7. The van der Waals surface area contributed by atoms with Crippen LogP contribution in [0.5, 0.6) is 34.8 Å². The molecule has 2 aliphatic rings. The Labute approximate surface area is 487 Å². The monoisotopic (exact) mass is 1170 g/mol. The molecule has 0 bridgehead atoms. The molecule has 2 aromatic heterocycles. The smallest absolute Gasteiger partial charge is 0.267 e. The van der Waals surface area contributed by atoms with Crippen molar-refractivity contribution in [1.29, 1.82) is 0 Å². The molecule has 0 unspecified atom stereocenters. The van der Waals surface area contributed by atoms with Crippen LogP contribution in [0, 0.1) is 0 Å². The Morgan fingerprint density at radius 3 is 1.69 bits per heavy atom. The lowest BCUT2D eigenvalue weighted by molar-refractivity contribution is -0.112. The van der Waals surface area contributed by atoms with Crippen LogP contribution in [-0.4, -0.2) is 155 Å². The van der Waals surface area contributed by atoms with Gasteiger partial charge in [-0.25, -0.2) is 18.4 Å². The third-order valence-electron chi connectivity index (χ3n) is 12.7. The zero-order valence-electron chi connectivity index (χ0n) is 45.8. The van der Waals surface area contributed by atoms with Crippen molar-refractivity contribution in [2.45, 2.75) is 32.4 Å². The third kappa shape index (κ3) is 21.1. The fourth-order valence-electron chi connectivity index (χ4n) is 8.28. The average Bonchev–Trinajstić information content (AvgIpc) is 4.14. The number of carbonyl (C=O) groups excluding carboxylic acids is 2. The third-order valence-corrected chi connectivity index (χ3v) is 13.8. The number of aromatic nitrogens is 4. The summed E-state index contributed by atoms with van der Waals surface area (Å²) >= 11 is 5.73. The van der Waals surface area contributed by atoms with Crippen LogP contribution < -0.4 is 50.4 Å². The van der Waals surface area contributed by atoms with E-state index in [1.54, 1.807) is 55.6 Å². The van der Waals surface area contributed by atoms with E-state index in [4.69, 9.17) is 41.0 Å². The number of likely N-dealkylation sites (N-methyl/N-ethyl adjacent to an activating group) is 2. The lowest BCUT2D eigenvalue weighted by Gasteiger charge is -2.27. The minimum absolute atomic E-state index is 0. The molecule has 0 radical (unpaired) electrons. The number of carbonyl (C=O) groups is 2. The molecule has 81 heavy (non-hydrogen) atoms. The van der Waals surface area contributed by atoms with Crippen LogP contribution in [-0.2, 0) is 24.2 Å². The summed E-state index contributed by atoms with van der Waals surface area (Å²) in [6.07, 6.45) is 8.77. The first-order valence-corrected chi connectivity index (χ1v) is 27.6. The molecule has 4 heterocycles. The number of nitrogen functional groups attached to an aromatic ring is 1. The van der Waals surface area contributed by atoms with Gasteiger partial charge in [-0.2, -0.15) is 23.5 Å². The van der Waals surface area contributed by atoms with Crippen molar-refractivity contribution >= 4 is 86.8 Å². The van der Waals surface area contributed by atoms with Gasteiger partial charge in [0.2, 0.25) is 23.0 Å². The number of hydrogen-bond acceptors (Lipinski definition) is 19. The number of amides is 2. The summed E-state index contributed by atoms with van der Waals surface area (Å²) in [5.74, 6) is 1.89. The summed E-state index contributed by atoms with van der Waals surface area (Å²) in [6, 6.07) is 30.6. The van der Waals surface area contributed by atoms with E-state index < -0.39 is 9.84 Å². The molecule has 2 amide bonds. The molecule has 436 valence electrons. The van der Waals surface area contributed by atoms with Crippen LogP contribution in [0.25, 0.3) is 0 Å². The first-order valence-electron chi connectivity index (χ1n) is 25.2. The molecular weight excluding hydrogens is 1100 g/mol. The van der Waals surface area contributed by atoms with E-state index in [2.05, 4.69) is 94.9 Å². The summed E-state index contributed by atoms with van der Waals surface area (Å²) < 4.78 is 50.1. The van der Waals surface area contributed by atoms with Crippen molar-refractivity contribution < 1.29 is 41.7 Å². The fourth-order valence-corrected chi connectivity index (χ4v) is 8.99. The Kier molecular flexibility index (Phi) is 26.5. The Bertz CT molecular complexity index is 3090. The maximum absolute atomic E-state index is 11.6. The summed E-state index contributed by atoms with van der Waals surface area (Å²) in [7, 11) is 5.99. The molecule has 2 fully saturated rings. The van der Waals surface area contributed by atoms with Gasteiger partial charge in [-0.15, -0.1) is 0 Å². The van der Waals surface area contributed by atoms with Crippen LogP contribution >= 0.6 is 25.1 Å². The molecule has 21 nitrogen and oxygen atoms in total. The molecule has 4 aromatic carbocycles. The van der Waals surface area contributed by atoms with Crippen LogP contribution in [0.1, 0.15) is 20.3 Å². The number of nitrogens with two attached hydrogens (primary N) is 1. The zero-order valence-corrected chi connectivity index (χ0v) is 48.4. The van der Waals surface area contributed by atoms with E-state index in [1.807, 2.05) is 36.4 Å². The second kappa shape index (κ2) is 32.6. The predicted molar refractivity (Wildman–Crippen MR) is 329 cm³/mol. The van der Waals surface area contributed by atoms with Crippen molar-refractivity contribution in [3.63, 3.8) is 0 Å². The first kappa shape index (κ1) is 65.8. The molecule has 6 aromatic rings. The van der Waals surface area contributed by atoms with Crippen LogP contribution in [0.4, 0.5) is 40.1 Å². The van der Waals surface area contributed by atoms with Gasteiger partial charge in [-0.3, -0.25) is 14.5 Å². The van der Waals surface area contributed by atoms with E-state index in [-0.39, 0.29) is 55.5 Å². The summed E-state index contributed by atoms with van der Waals surface area (Å²) in [5, 5.41) is 8.56. The molecule has 8 rings (SSSR count).